The Morgan fingerprint density at radius 1 is 1.14 bits per heavy atom. The van der Waals surface area contributed by atoms with Crippen LogP contribution < -0.4 is 10.6 Å². The third kappa shape index (κ3) is 4.90. The van der Waals surface area contributed by atoms with E-state index in [1.54, 1.807) is 53.4 Å². The van der Waals surface area contributed by atoms with E-state index in [0.29, 0.717) is 27.1 Å². The van der Waals surface area contributed by atoms with E-state index >= 15 is 0 Å². The van der Waals surface area contributed by atoms with Crippen LogP contribution in [-0.2, 0) is 11.8 Å². The van der Waals surface area contributed by atoms with Crippen molar-refractivity contribution in [2.24, 2.45) is 7.05 Å². The van der Waals surface area contributed by atoms with Crippen molar-refractivity contribution in [1.82, 2.24) is 14.8 Å². The molecule has 2 aromatic carbocycles. The molecule has 0 unspecified atom stereocenters. The number of rotatable bonds is 6. The van der Waals surface area contributed by atoms with Gasteiger partial charge in [0, 0.05) is 29.0 Å². The first-order chi connectivity index (χ1) is 13.4. The van der Waals surface area contributed by atoms with Gasteiger partial charge in [-0.1, -0.05) is 29.4 Å². The Morgan fingerprint density at radius 2 is 1.89 bits per heavy atom. The Kier molecular flexibility index (Phi) is 6.33. The summed E-state index contributed by atoms with van der Waals surface area (Å²) in [5.41, 5.74) is 2.56. The molecule has 0 fully saturated rings. The monoisotopic (exact) mass is 415 g/mol. The number of nitrogens with one attached hydrogen (secondary N) is 2. The lowest BCUT2D eigenvalue weighted by atomic mass is 10.1. The van der Waals surface area contributed by atoms with E-state index in [1.165, 1.54) is 11.8 Å². The molecule has 1 aromatic heterocycles. The first kappa shape index (κ1) is 19.9. The number of thioether (sulfide) groups is 1. The second kappa shape index (κ2) is 8.90. The van der Waals surface area contributed by atoms with E-state index in [9.17, 15) is 9.59 Å². The third-order valence-electron chi connectivity index (χ3n) is 3.95. The van der Waals surface area contributed by atoms with E-state index in [4.69, 9.17) is 11.6 Å². The molecule has 3 aromatic rings. The molecule has 28 heavy (non-hydrogen) atoms. The molecule has 2 amide bonds. The topological polar surface area (TPSA) is 88.9 Å². The van der Waals surface area contributed by atoms with Crippen LogP contribution in [0.5, 0.6) is 0 Å². The average Bonchev–Trinajstić information content (AvgIpc) is 3.09. The fourth-order valence-corrected chi connectivity index (χ4v) is 3.24. The van der Waals surface area contributed by atoms with Crippen LogP contribution in [0.15, 0.2) is 53.9 Å². The molecule has 0 aliphatic heterocycles. The molecule has 0 bridgehead atoms. The maximum Gasteiger partial charge on any atom is 0.255 e. The summed E-state index contributed by atoms with van der Waals surface area (Å²) in [4.78, 5) is 24.5. The number of hydrogen-bond donors (Lipinski definition) is 2. The quantitative estimate of drug-likeness (QED) is 0.598. The molecule has 0 aliphatic rings. The van der Waals surface area contributed by atoms with Gasteiger partial charge in [0.1, 0.15) is 6.33 Å². The third-order valence-corrected chi connectivity index (χ3v) is 5.39. The second-order valence-corrected chi connectivity index (χ2v) is 7.35. The van der Waals surface area contributed by atoms with Gasteiger partial charge in [-0.3, -0.25) is 9.59 Å². The maximum atomic E-state index is 12.4. The van der Waals surface area contributed by atoms with Gasteiger partial charge in [0.25, 0.3) is 5.91 Å². The number of carbonyl (C=O) groups is 2. The van der Waals surface area contributed by atoms with E-state index in [1.807, 2.05) is 14.0 Å². The fourth-order valence-electron chi connectivity index (χ4n) is 2.37. The lowest BCUT2D eigenvalue weighted by Crippen LogP contribution is -2.15. The van der Waals surface area contributed by atoms with Gasteiger partial charge >= 0.3 is 0 Å². The highest BCUT2D eigenvalue weighted by atomic mass is 35.5. The Hall–Kier alpha value is -2.84. The van der Waals surface area contributed by atoms with Crippen molar-refractivity contribution < 1.29 is 9.59 Å². The van der Waals surface area contributed by atoms with Gasteiger partial charge in [-0.25, -0.2) is 0 Å². The van der Waals surface area contributed by atoms with Crippen LogP contribution in [0.1, 0.15) is 15.9 Å². The van der Waals surface area contributed by atoms with Crippen LogP contribution in [0, 0.1) is 6.92 Å². The Morgan fingerprint density at radius 3 is 2.57 bits per heavy atom. The summed E-state index contributed by atoms with van der Waals surface area (Å²) >= 11 is 7.37. The molecule has 1 heterocycles. The largest absolute Gasteiger partial charge is 0.325 e. The molecule has 2 N–H and O–H groups in total. The molecular weight excluding hydrogens is 398 g/mol. The van der Waals surface area contributed by atoms with Gasteiger partial charge in [0.2, 0.25) is 5.91 Å². The minimum Gasteiger partial charge on any atom is -0.325 e. The number of halogens is 1. The van der Waals surface area contributed by atoms with Gasteiger partial charge in [-0.2, -0.15) is 0 Å². The Labute approximate surface area is 171 Å². The Bertz CT molecular complexity index is 1000. The first-order valence-electron chi connectivity index (χ1n) is 8.37. The second-order valence-electron chi connectivity index (χ2n) is 6.01. The number of benzene rings is 2. The number of amides is 2. The summed E-state index contributed by atoms with van der Waals surface area (Å²) in [7, 11) is 1.81. The minimum absolute atomic E-state index is 0.167. The summed E-state index contributed by atoms with van der Waals surface area (Å²) in [5, 5.41) is 14.6. The van der Waals surface area contributed by atoms with Crippen LogP contribution in [0.4, 0.5) is 11.4 Å². The fraction of sp³-hybridized carbons (Fsp3) is 0.158. The van der Waals surface area contributed by atoms with Gasteiger partial charge < -0.3 is 15.2 Å². The Balaban J connectivity index is 1.56. The number of anilines is 2. The van der Waals surface area contributed by atoms with Crippen molar-refractivity contribution in [2.45, 2.75) is 12.1 Å². The van der Waals surface area contributed by atoms with Crippen LogP contribution in [0.25, 0.3) is 0 Å². The smallest absolute Gasteiger partial charge is 0.255 e. The zero-order valence-corrected chi connectivity index (χ0v) is 16.8. The molecule has 0 aliphatic carbocycles. The lowest BCUT2D eigenvalue weighted by Gasteiger charge is -2.10. The van der Waals surface area contributed by atoms with E-state index < -0.39 is 0 Å². The highest BCUT2D eigenvalue weighted by Crippen LogP contribution is 2.23. The molecule has 144 valence electrons. The molecule has 0 saturated heterocycles. The van der Waals surface area contributed by atoms with E-state index in [2.05, 4.69) is 20.8 Å². The molecule has 0 saturated carbocycles. The predicted octanol–water partition coefficient (Wildman–Crippen LogP) is 3.76. The van der Waals surface area contributed by atoms with Gasteiger partial charge in [0.05, 0.1) is 5.75 Å². The zero-order chi connectivity index (χ0) is 20.1. The number of carbonyl (C=O) groups excluding carboxylic acids is 2. The lowest BCUT2D eigenvalue weighted by molar-refractivity contribution is -0.113. The number of aryl methyl sites for hydroxylation is 1. The van der Waals surface area contributed by atoms with Gasteiger partial charge in [-0.15, -0.1) is 10.2 Å². The summed E-state index contributed by atoms with van der Waals surface area (Å²) in [5.74, 6) is -0.205. The average molecular weight is 416 g/mol. The summed E-state index contributed by atoms with van der Waals surface area (Å²) in [6.07, 6.45) is 1.58. The van der Waals surface area contributed by atoms with Crippen LogP contribution in [-0.4, -0.2) is 32.3 Å². The van der Waals surface area contributed by atoms with Crippen molar-refractivity contribution in [3.8, 4) is 0 Å². The molecular formula is C19H18ClN5O2S. The van der Waals surface area contributed by atoms with Crippen molar-refractivity contribution in [3.05, 3.63) is 64.9 Å². The van der Waals surface area contributed by atoms with E-state index in [0.717, 1.165) is 5.56 Å². The summed E-state index contributed by atoms with van der Waals surface area (Å²) in [6, 6.07) is 12.0. The summed E-state index contributed by atoms with van der Waals surface area (Å²) in [6.45, 7) is 1.84. The molecule has 7 nitrogen and oxygen atoms in total. The first-order valence-corrected chi connectivity index (χ1v) is 9.73. The minimum atomic E-state index is -0.249. The normalized spacial score (nSPS) is 10.5. The SMILES string of the molecule is Cc1c(Cl)cccc1NC(=O)c1ccc(NC(=O)CSc2nncn2C)cc1. The molecule has 0 radical (unpaired) electrons. The van der Waals surface area contributed by atoms with Crippen LogP contribution >= 0.6 is 23.4 Å². The molecule has 3 rings (SSSR count). The van der Waals surface area contributed by atoms with Crippen molar-refractivity contribution >= 4 is 46.6 Å². The number of aromatic nitrogens is 3. The molecule has 0 atom stereocenters. The number of nitrogens with zero attached hydrogens (tertiary/aromatic N) is 3. The predicted molar refractivity (Wildman–Crippen MR) is 111 cm³/mol. The highest BCUT2D eigenvalue weighted by molar-refractivity contribution is 7.99. The van der Waals surface area contributed by atoms with E-state index in [-0.39, 0.29) is 17.6 Å². The summed E-state index contributed by atoms with van der Waals surface area (Å²) < 4.78 is 1.74. The van der Waals surface area contributed by atoms with Gasteiger partial charge in [-0.05, 0) is 48.9 Å². The van der Waals surface area contributed by atoms with Gasteiger partial charge in [0.15, 0.2) is 5.16 Å². The van der Waals surface area contributed by atoms with Crippen molar-refractivity contribution in [2.75, 3.05) is 16.4 Å². The van der Waals surface area contributed by atoms with Crippen molar-refractivity contribution in [3.63, 3.8) is 0 Å². The molecule has 9 heteroatoms. The zero-order valence-electron chi connectivity index (χ0n) is 15.3. The number of hydrogen-bond acceptors (Lipinski definition) is 5. The highest BCUT2D eigenvalue weighted by Gasteiger charge is 2.11. The maximum absolute atomic E-state index is 12.4. The standard InChI is InChI=1S/C19H18ClN5O2S/c1-12-15(20)4-3-5-16(12)23-18(27)13-6-8-14(9-7-13)22-17(26)10-28-19-24-21-11-25(19)2/h3-9,11H,10H2,1-2H3,(H,22,26)(H,23,27). The molecule has 0 spiro atoms. The van der Waals surface area contributed by atoms with Crippen LogP contribution in [0.3, 0.4) is 0 Å². The van der Waals surface area contributed by atoms with Crippen LogP contribution in [0.2, 0.25) is 5.02 Å². The van der Waals surface area contributed by atoms with Crippen molar-refractivity contribution in [1.29, 1.82) is 0 Å².